The lowest BCUT2D eigenvalue weighted by Crippen LogP contribution is -2.52. The van der Waals surface area contributed by atoms with Gasteiger partial charge in [0.25, 0.3) is 0 Å². The lowest BCUT2D eigenvalue weighted by Gasteiger charge is -2.24. The molecule has 0 unspecified atom stereocenters. The van der Waals surface area contributed by atoms with E-state index in [2.05, 4.69) is 21.8 Å². The molecule has 2 aromatic rings. The van der Waals surface area contributed by atoms with Crippen LogP contribution in [-0.2, 0) is 24.4 Å². The van der Waals surface area contributed by atoms with Crippen molar-refractivity contribution in [2.45, 2.75) is 43.7 Å². The summed E-state index contributed by atoms with van der Waals surface area (Å²) in [5.41, 5.74) is 6.64. The summed E-state index contributed by atoms with van der Waals surface area (Å²) in [6.07, 6.45) is -1.41. The first-order valence-electron chi connectivity index (χ1n) is 9.54. The van der Waals surface area contributed by atoms with Crippen LogP contribution >= 0.6 is 0 Å². The molecule has 2 bridgehead atoms. The van der Waals surface area contributed by atoms with Gasteiger partial charge in [-0.15, -0.1) is 0 Å². The van der Waals surface area contributed by atoms with Crippen molar-refractivity contribution in [3.05, 3.63) is 53.0 Å². The number of carbonyl (C=O) groups excluding carboxylic acids is 1. The minimum Gasteiger partial charge on any atom is -0.339 e. The van der Waals surface area contributed by atoms with E-state index in [9.17, 15) is 22.4 Å². The first-order valence-corrected chi connectivity index (χ1v) is 9.54. The molecule has 6 nitrogen and oxygen atoms in total. The molecule has 1 aromatic carbocycles. The molecular formula is C20H21F4N5O. The molecule has 0 radical (unpaired) electrons. The molecule has 160 valence electrons. The number of rotatable bonds is 5. The van der Waals surface area contributed by atoms with Crippen molar-refractivity contribution in [1.29, 1.82) is 0 Å². The zero-order chi connectivity index (χ0) is 21.6. The number of alkyl halides is 3. The predicted molar refractivity (Wildman–Crippen MR) is 101 cm³/mol. The molecule has 3 atom stereocenters. The van der Waals surface area contributed by atoms with E-state index in [4.69, 9.17) is 5.73 Å². The number of hydrogen-bond acceptors (Lipinski definition) is 4. The molecule has 10 heteroatoms. The van der Waals surface area contributed by atoms with E-state index in [0.717, 1.165) is 35.2 Å². The highest BCUT2D eigenvalue weighted by atomic mass is 19.4. The third-order valence-electron chi connectivity index (χ3n) is 5.46. The van der Waals surface area contributed by atoms with E-state index in [1.807, 2.05) is 0 Å². The molecule has 4 N–H and O–H groups in total. The van der Waals surface area contributed by atoms with Crippen LogP contribution in [0.1, 0.15) is 24.1 Å². The van der Waals surface area contributed by atoms with E-state index < -0.39 is 29.9 Å². The normalized spacial score (nSPS) is 21.6. The van der Waals surface area contributed by atoms with E-state index in [1.54, 1.807) is 0 Å². The summed E-state index contributed by atoms with van der Waals surface area (Å²) in [5, 5.41) is 9.32. The summed E-state index contributed by atoms with van der Waals surface area (Å²) in [6.45, 7) is 0. The van der Waals surface area contributed by atoms with E-state index in [-0.39, 0.29) is 35.2 Å². The van der Waals surface area contributed by atoms with Gasteiger partial charge in [0.05, 0.1) is 11.9 Å². The number of hydrogen-bond donors (Lipinski definition) is 3. The highest BCUT2D eigenvalue weighted by Crippen LogP contribution is 2.32. The smallest absolute Gasteiger partial charge is 0.339 e. The molecule has 0 fully saturated rings. The summed E-state index contributed by atoms with van der Waals surface area (Å²) < 4.78 is 54.2. The molecule has 2 heterocycles. The second-order valence-electron chi connectivity index (χ2n) is 7.65. The number of piperidine rings is 1. The average Bonchev–Trinajstić information content (AvgIpc) is 3.38. The molecule has 4 rings (SSSR count). The zero-order valence-corrected chi connectivity index (χ0v) is 16.1. The molecule has 0 saturated carbocycles. The van der Waals surface area contributed by atoms with Gasteiger partial charge in [-0.05, 0) is 36.1 Å². The number of carbonyl (C=O) groups is 1. The Balaban J connectivity index is 1.43. The van der Waals surface area contributed by atoms with Gasteiger partial charge in [-0.2, -0.15) is 18.3 Å². The first-order chi connectivity index (χ1) is 14.1. The summed E-state index contributed by atoms with van der Waals surface area (Å²) in [6, 6.07) is 4.80. The van der Waals surface area contributed by atoms with Crippen LogP contribution in [0.2, 0.25) is 0 Å². The largest absolute Gasteiger partial charge is 0.435 e. The molecule has 0 saturated heterocycles. The quantitative estimate of drug-likeness (QED) is 0.391. The Bertz CT molecular complexity index is 1010. The second kappa shape index (κ2) is 7.51. The fourth-order valence-electron chi connectivity index (χ4n) is 3.99. The van der Waals surface area contributed by atoms with E-state index in [1.165, 1.54) is 19.2 Å². The van der Waals surface area contributed by atoms with Crippen LogP contribution in [0.4, 0.5) is 17.6 Å². The number of nitrogens with two attached hydrogens (primary N) is 1. The lowest BCUT2D eigenvalue weighted by atomic mass is 10.0. The first kappa shape index (κ1) is 20.5. The van der Waals surface area contributed by atoms with Crippen molar-refractivity contribution >= 4 is 5.91 Å². The van der Waals surface area contributed by atoms with E-state index >= 15 is 0 Å². The second-order valence-corrected chi connectivity index (χ2v) is 7.65. The van der Waals surface area contributed by atoms with Crippen LogP contribution in [0, 0.1) is 5.82 Å². The molecule has 1 aliphatic heterocycles. The fraction of sp³-hybridized carbons (Fsp3) is 0.400. The van der Waals surface area contributed by atoms with E-state index in [0.29, 0.717) is 0 Å². The molecule has 30 heavy (non-hydrogen) atoms. The lowest BCUT2D eigenvalue weighted by molar-refractivity contribution is -0.141. The molecular weight excluding hydrogens is 402 g/mol. The number of benzene rings is 1. The van der Waals surface area contributed by atoms with Crippen molar-refractivity contribution in [3.63, 3.8) is 0 Å². The number of fused-ring (bicyclic) bond motifs is 1. The maximum absolute atomic E-state index is 14.6. The van der Waals surface area contributed by atoms with Crippen molar-refractivity contribution in [1.82, 2.24) is 20.4 Å². The van der Waals surface area contributed by atoms with Crippen LogP contribution < -0.4 is 16.4 Å². The number of nitrogens with one attached hydrogen (secondary N) is 2. The molecule has 0 spiro atoms. The average molecular weight is 423 g/mol. The molecule has 1 aliphatic carbocycles. The van der Waals surface area contributed by atoms with Crippen LogP contribution in [0.5, 0.6) is 0 Å². The van der Waals surface area contributed by atoms with Gasteiger partial charge in [0.1, 0.15) is 11.9 Å². The number of halogens is 4. The van der Waals surface area contributed by atoms with Gasteiger partial charge in [-0.25, -0.2) is 4.39 Å². The summed E-state index contributed by atoms with van der Waals surface area (Å²) in [5.74, 6) is -0.866. The van der Waals surface area contributed by atoms with Crippen LogP contribution in [0.3, 0.4) is 0 Å². The van der Waals surface area contributed by atoms with Crippen molar-refractivity contribution < 1.29 is 22.4 Å². The van der Waals surface area contributed by atoms with Crippen molar-refractivity contribution in [2.24, 2.45) is 12.8 Å². The molecule has 1 aromatic heterocycles. The van der Waals surface area contributed by atoms with Gasteiger partial charge >= 0.3 is 6.18 Å². The number of aryl methyl sites for hydroxylation is 1. The molecule has 2 aliphatic rings. The van der Waals surface area contributed by atoms with Crippen molar-refractivity contribution in [3.8, 4) is 11.3 Å². The van der Waals surface area contributed by atoms with Gasteiger partial charge in [-0.3, -0.25) is 14.8 Å². The third-order valence-corrected chi connectivity index (χ3v) is 5.46. The summed E-state index contributed by atoms with van der Waals surface area (Å²) >= 11 is 0. The Hall–Kier alpha value is -2.72. The maximum atomic E-state index is 14.6. The predicted octanol–water partition coefficient (Wildman–Crippen LogP) is 2.25. The minimum absolute atomic E-state index is 0.0479. The Labute approximate surface area is 170 Å². The van der Waals surface area contributed by atoms with Gasteiger partial charge in [0.15, 0.2) is 5.69 Å². The topological polar surface area (TPSA) is 85.0 Å². The third kappa shape index (κ3) is 3.97. The SMILES string of the molecule is Cn1nc(C(F)(F)F)cc1-c1ccc(C[C@@H](N)NC(=O)[C@H]2N[C@H]3C=C2CC3)c(F)c1. The minimum atomic E-state index is -4.58. The summed E-state index contributed by atoms with van der Waals surface area (Å²) in [4.78, 5) is 12.4. The van der Waals surface area contributed by atoms with Gasteiger partial charge in [-0.1, -0.05) is 18.2 Å². The molecule has 1 amide bonds. The number of amides is 1. The Morgan fingerprint density at radius 1 is 1.40 bits per heavy atom. The monoisotopic (exact) mass is 423 g/mol. The van der Waals surface area contributed by atoms with Gasteiger partial charge in [0, 0.05) is 25.1 Å². The maximum Gasteiger partial charge on any atom is 0.435 e. The number of aromatic nitrogens is 2. The Kier molecular flexibility index (Phi) is 5.15. The highest BCUT2D eigenvalue weighted by molar-refractivity contribution is 5.86. The van der Waals surface area contributed by atoms with Crippen LogP contribution in [0.15, 0.2) is 35.9 Å². The Morgan fingerprint density at radius 3 is 2.73 bits per heavy atom. The zero-order valence-electron chi connectivity index (χ0n) is 16.1. The van der Waals surface area contributed by atoms with Gasteiger partial charge in [0.2, 0.25) is 5.91 Å². The van der Waals surface area contributed by atoms with Gasteiger partial charge < -0.3 is 11.1 Å². The fourth-order valence-corrected chi connectivity index (χ4v) is 3.99. The standard InChI is InChI=1S/C20H21F4N5O/c1-29-15(9-16(28-29)20(22,23)24)11-3-2-10(14(21)7-11)8-17(25)27-19(30)18-12-4-5-13(6-12)26-18/h2-3,6-7,9,13,17-18,26H,4-5,8,25H2,1H3,(H,27,30)/t13-,17+,18+/m1/s1. The number of nitrogens with zero attached hydrogens (tertiary/aromatic N) is 2. The van der Waals surface area contributed by atoms with Crippen LogP contribution in [-0.4, -0.2) is 33.9 Å². The van der Waals surface area contributed by atoms with Crippen LogP contribution in [0.25, 0.3) is 11.3 Å². The highest BCUT2D eigenvalue weighted by Gasteiger charge is 2.36. The van der Waals surface area contributed by atoms with Crippen molar-refractivity contribution in [2.75, 3.05) is 0 Å². The Morgan fingerprint density at radius 2 is 2.17 bits per heavy atom. The summed E-state index contributed by atoms with van der Waals surface area (Å²) in [7, 11) is 1.36.